The molecule has 0 amide bonds. The van der Waals surface area contributed by atoms with Gasteiger partial charge in [0.2, 0.25) is 0 Å². The van der Waals surface area contributed by atoms with Gasteiger partial charge in [-0.05, 0) is 44.0 Å². The van der Waals surface area contributed by atoms with Crippen LogP contribution < -0.4 is 0 Å². The number of hydrogen-bond donors (Lipinski definition) is 1. The Morgan fingerprint density at radius 3 is 2.54 bits per heavy atom. The molecule has 0 fully saturated rings. The molecule has 13 heavy (non-hydrogen) atoms. The van der Waals surface area contributed by atoms with E-state index in [0.29, 0.717) is 8.95 Å². The summed E-state index contributed by atoms with van der Waals surface area (Å²) in [6, 6.07) is 4.79. The van der Waals surface area contributed by atoms with E-state index in [4.69, 9.17) is 10.4 Å². The molecule has 1 aromatic carbocycles. The Morgan fingerprint density at radius 1 is 1.46 bits per heavy atom. The maximum absolute atomic E-state index is 10.7. The molecule has 0 saturated carbocycles. The van der Waals surface area contributed by atoms with Crippen molar-refractivity contribution >= 4 is 37.8 Å². The number of carboxylic acid groups (broad SMARTS) is 1. The third kappa shape index (κ3) is 1.90. The van der Waals surface area contributed by atoms with Crippen molar-refractivity contribution in [3.8, 4) is 6.07 Å². The van der Waals surface area contributed by atoms with Gasteiger partial charge in [0.25, 0.3) is 0 Å². The van der Waals surface area contributed by atoms with Gasteiger partial charge in [-0.3, -0.25) is 0 Å². The lowest BCUT2D eigenvalue weighted by molar-refractivity contribution is 0.0696. The fraction of sp³-hybridized carbons (Fsp3) is 0. The van der Waals surface area contributed by atoms with Crippen LogP contribution in [-0.4, -0.2) is 11.1 Å². The number of halogens is 2. The molecule has 0 aromatic heterocycles. The summed E-state index contributed by atoms with van der Waals surface area (Å²) in [6.45, 7) is 0. The van der Waals surface area contributed by atoms with Crippen molar-refractivity contribution < 1.29 is 9.90 Å². The maximum Gasteiger partial charge on any atom is 0.337 e. The fourth-order valence-corrected chi connectivity index (χ4v) is 1.60. The third-order valence-electron chi connectivity index (χ3n) is 1.44. The second-order valence-electron chi connectivity index (χ2n) is 2.20. The molecule has 0 bridgehead atoms. The Balaban J connectivity index is 3.50. The summed E-state index contributed by atoms with van der Waals surface area (Å²) in [5, 5.41) is 17.4. The standard InChI is InChI=1S/C8H3Br2NO2/c9-6-2-1-4(8(12)13)5(3-11)7(6)10/h1-2H,(H,12,13). The van der Waals surface area contributed by atoms with Crippen LogP contribution in [0.1, 0.15) is 15.9 Å². The lowest BCUT2D eigenvalue weighted by Crippen LogP contribution is -2.00. The molecule has 0 aliphatic rings. The highest BCUT2D eigenvalue weighted by atomic mass is 79.9. The van der Waals surface area contributed by atoms with Gasteiger partial charge in [-0.25, -0.2) is 4.79 Å². The highest BCUT2D eigenvalue weighted by Gasteiger charge is 2.14. The highest BCUT2D eigenvalue weighted by molar-refractivity contribution is 9.13. The summed E-state index contributed by atoms with van der Waals surface area (Å²) in [4.78, 5) is 10.7. The van der Waals surface area contributed by atoms with E-state index in [1.54, 1.807) is 6.07 Å². The zero-order chi connectivity index (χ0) is 10.0. The van der Waals surface area contributed by atoms with Gasteiger partial charge >= 0.3 is 5.97 Å². The van der Waals surface area contributed by atoms with Gasteiger partial charge in [0.15, 0.2) is 0 Å². The summed E-state index contributed by atoms with van der Waals surface area (Å²) in [7, 11) is 0. The summed E-state index contributed by atoms with van der Waals surface area (Å²) >= 11 is 6.31. The van der Waals surface area contributed by atoms with Crippen LogP contribution >= 0.6 is 31.9 Å². The van der Waals surface area contributed by atoms with Crippen molar-refractivity contribution in [1.82, 2.24) is 0 Å². The Bertz CT molecular complexity index is 409. The molecule has 0 saturated heterocycles. The molecule has 0 spiro atoms. The van der Waals surface area contributed by atoms with E-state index in [1.165, 1.54) is 6.07 Å². The molecule has 3 nitrogen and oxygen atoms in total. The molecule has 1 rings (SSSR count). The van der Waals surface area contributed by atoms with E-state index in [2.05, 4.69) is 31.9 Å². The number of aromatic carboxylic acids is 1. The summed E-state index contributed by atoms with van der Waals surface area (Å²) in [6.07, 6.45) is 0. The van der Waals surface area contributed by atoms with Gasteiger partial charge in [-0.2, -0.15) is 5.26 Å². The van der Waals surface area contributed by atoms with Crippen LogP contribution in [0.4, 0.5) is 0 Å². The molecule has 0 unspecified atom stereocenters. The van der Waals surface area contributed by atoms with Crippen LogP contribution in [-0.2, 0) is 0 Å². The minimum absolute atomic E-state index is 0.00225. The van der Waals surface area contributed by atoms with Crippen molar-refractivity contribution in [3.05, 3.63) is 32.2 Å². The number of hydrogen-bond acceptors (Lipinski definition) is 2. The molecule has 0 aliphatic carbocycles. The van der Waals surface area contributed by atoms with Gasteiger partial charge in [-0.1, -0.05) is 0 Å². The zero-order valence-corrected chi connectivity index (χ0v) is 9.39. The summed E-state index contributed by atoms with van der Waals surface area (Å²) in [5.74, 6) is -1.11. The zero-order valence-electron chi connectivity index (χ0n) is 6.21. The van der Waals surface area contributed by atoms with Gasteiger partial charge < -0.3 is 5.11 Å². The van der Waals surface area contributed by atoms with E-state index >= 15 is 0 Å². The monoisotopic (exact) mass is 303 g/mol. The predicted octanol–water partition coefficient (Wildman–Crippen LogP) is 2.78. The van der Waals surface area contributed by atoms with Crippen molar-refractivity contribution in [2.24, 2.45) is 0 Å². The number of carboxylic acids is 1. The normalized spacial score (nSPS) is 9.31. The Morgan fingerprint density at radius 2 is 2.08 bits per heavy atom. The van der Waals surface area contributed by atoms with E-state index in [-0.39, 0.29) is 11.1 Å². The van der Waals surface area contributed by atoms with Gasteiger partial charge in [-0.15, -0.1) is 0 Å². The highest BCUT2D eigenvalue weighted by Crippen LogP contribution is 2.28. The van der Waals surface area contributed by atoms with E-state index < -0.39 is 5.97 Å². The molecule has 0 radical (unpaired) electrons. The molecule has 66 valence electrons. The average Bonchev–Trinajstić information content (AvgIpc) is 2.09. The molecule has 5 heteroatoms. The van der Waals surface area contributed by atoms with Gasteiger partial charge in [0, 0.05) is 4.47 Å². The summed E-state index contributed by atoms with van der Waals surface area (Å²) in [5.41, 5.74) is 0.124. The SMILES string of the molecule is N#Cc1c(C(=O)O)ccc(Br)c1Br. The minimum Gasteiger partial charge on any atom is -0.478 e. The lowest BCUT2D eigenvalue weighted by atomic mass is 10.1. The van der Waals surface area contributed by atoms with E-state index in [9.17, 15) is 4.79 Å². The second kappa shape index (κ2) is 3.90. The molecule has 0 aliphatic heterocycles. The van der Waals surface area contributed by atoms with Crippen LogP contribution in [0, 0.1) is 11.3 Å². The van der Waals surface area contributed by atoms with Gasteiger partial charge in [0.05, 0.1) is 15.6 Å². The molecule has 0 heterocycles. The number of rotatable bonds is 1. The third-order valence-corrected chi connectivity index (χ3v) is 3.45. The van der Waals surface area contributed by atoms with Gasteiger partial charge in [0.1, 0.15) is 6.07 Å². The first kappa shape index (κ1) is 10.2. The number of nitrogens with zero attached hydrogens (tertiary/aromatic N) is 1. The lowest BCUT2D eigenvalue weighted by Gasteiger charge is -2.02. The molecule has 0 atom stereocenters. The topological polar surface area (TPSA) is 61.1 Å². The first-order valence-electron chi connectivity index (χ1n) is 3.19. The van der Waals surface area contributed by atoms with Crippen LogP contribution in [0.5, 0.6) is 0 Å². The average molecular weight is 305 g/mol. The number of carbonyl (C=O) groups is 1. The number of benzene rings is 1. The maximum atomic E-state index is 10.7. The minimum atomic E-state index is -1.11. The molecule has 1 aromatic rings. The quantitative estimate of drug-likeness (QED) is 0.868. The van der Waals surface area contributed by atoms with Crippen LogP contribution in [0.3, 0.4) is 0 Å². The van der Waals surface area contributed by atoms with Crippen molar-refractivity contribution in [2.75, 3.05) is 0 Å². The van der Waals surface area contributed by atoms with Crippen LogP contribution in [0.25, 0.3) is 0 Å². The second-order valence-corrected chi connectivity index (χ2v) is 3.85. The molecule has 1 N–H and O–H groups in total. The van der Waals surface area contributed by atoms with Crippen LogP contribution in [0.2, 0.25) is 0 Å². The first-order chi connectivity index (χ1) is 6.07. The van der Waals surface area contributed by atoms with Crippen molar-refractivity contribution in [2.45, 2.75) is 0 Å². The Kier molecular flexibility index (Phi) is 3.07. The molecular weight excluding hydrogens is 302 g/mol. The smallest absolute Gasteiger partial charge is 0.337 e. The van der Waals surface area contributed by atoms with E-state index in [0.717, 1.165) is 0 Å². The van der Waals surface area contributed by atoms with Crippen molar-refractivity contribution in [3.63, 3.8) is 0 Å². The Hall–Kier alpha value is -0.860. The number of nitriles is 1. The van der Waals surface area contributed by atoms with Crippen LogP contribution in [0.15, 0.2) is 21.1 Å². The summed E-state index contributed by atoms with van der Waals surface area (Å²) < 4.78 is 1.13. The Labute approximate surface area is 91.2 Å². The largest absolute Gasteiger partial charge is 0.478 e. The van der Waals surface area contributed by atoms with Crippen molar-refractivity contribution in [1.29, 1.82) is 5.26 Å². The first-order valence-corrected chi connectivity index (χ1v) is 4.78. The predicted molar refractivity (Wildman–Crippen MR) is 53.5 cm³/mol. The molecular formula is C8H3Br2NO2. The fourth-order valence-electron chi connectivity index (χ4n) is 0.838. The van der Waals surface area contributed by atoms with E-state index in [1.807, 2.05) is 6.07 Å².